The predicted octanol–water partition coefficient (Wildman–Crippen LogP) is 0.769. The van der Waals surface area contributed by atoms with E-state index in [4.69, 9.17) is 0 Å². The topological polar surface area (TPSA) is 49.4 Å². The quantitative estimate of drug-likeness (QED) is 0.748. The number of nitrogens with one attached hydrogen (secondary N) is 1. The van der Waals surface area contributed by atoms with Crippen LogP contribution in [-0.4, -0.2) is 35.8 Å². The molecule has 1 atom stereocenters. The van der Waals surface area contributed by atoms with Gasteiger partial charge in [-0.1, -0.05) is 13.3 Å². The first-order valence-corrected chi connectivity index (χ1v) is 5.60. The van der Waals surface area contributed by atoms with Crippen molar-refractivity contribution in [2.45, 2.75) is 39.7 Å². The first-order chi connectivity index (χ1) is 7.04. The summed E-state index contributed by atoms with van der Waals surface area (Å²) in [4.78, 5) is 24.2. The molecule has 1 aliphatic heterocycles. The normalized spacial score (nSPS) is 18.2. The molecule has 0 saturated carbocycles. The largest absolute Gasteiger partial charge is 0.353 e. The minimum atomic E-state index is 0.00760. The molecule has 1 N–H and O–H groups in total. The summed E-state index contributed by atoms with van der Waals surface area (Å²) in [6.07, 6.45) is 2.08. The van der Waals surface area contributed by atoms with Gasteiger partial charge in [-0.2, -0.15) is 0 Å². The number of likely N-dealkylation sites (tertiary alicyclic amines) is 1. The minimum absolute atomic E-state index is 0.00760. The van der Waals surface area contributed by atoms with Gasteiger partial charge >= 0.3 is 0 Å². The Morgan fingerprint density at radius 2 is 2.07 bits per heavy atom. The molecule has 0 aromatic carbocycles. The lowest BCUT2D eigenvalue weighted by Gasteiger charge is -2.38. The van der Waals surface area contributed by atoms with Crippen LogP contribution >= 0.6 is 0 Å². The van der Waals surface area contributed by atoms with Crippen LogP contribution in [-0.2, 0) is 9.59 Å². The molecule has 4 heteroatoms. The molecular formula is C11H20N2O2. The fourth-order valence-electron chi connectivity index (χ4n) is 1.77. The Labute approximate surface area is 91.0 Å². The predicted molar refractivity (Wildman–Crippen MR) is 58.3 cm³/mol. The van der Waals surface area contributed by atoms with Crippen molar-refractivity contribution in [1.29, 1.82) is 0 Å². The second kappa shape index (κ2) is 5.14. The fourth-order valence-corrected chi connectivity index (χ4v) is 1.77. The van der Waals surface area contributed by atoms with Crippen molar-refractivity contribution in [2.24, 2.45) is 5.92 Å². The first kappa shape index (κ1) is 12.0. The van der Waals surface area contributed by atoms with E-state index in [1.165, 1.54) is 6.92 Å². The van der Waals surface area contributed by atoms with E-state index in [2.05, 4.69) is 12.2 Å². The van der Waals surface area contributed by atoms with Crippen molar-refractivity contribution < 1.29 is 9.59 Å². The van der Waals surface area contributed by atoms with Crippen LogP contribution in [0.1, 0.15) is 33.6 Å². The van der Waals surface area contributed by atoms with E-state index in [0.717, 1.165) is 12.8 Å². The number of hydrogen-bond donors (Lipinski definition) is 1. The molecule has 1 fully saturated rings. The Bertz CT molecular complexity index is 247. The zero-order valence-electron chi connectivity index (χ0n) is 9.75. The molecule has 2 amide bonds. The molecule has 86 valence electrons. The Balaban J connectivity index is 2.23. The molecule has 0 aromatic heterocycles. The second-order valence-electron chi connectivity index (χ2n) is 4.32. The molecule has 0 radical (unpaired) electrons. The Kier molecular flexibility index (Phi) is 4.12. The van der Waals surface area contributed by atoms with Crippen molar-refractivity contribution >= 4 is 11.8 Å². The highest BCUT2D eigenvalue weighted by molar-refractivity contribution is 5.83. The fraction of sp³-hybridized carbons (Fsp3) is 0.818. The minimum Gasteiger partial charge on any atom is -0.353 e. The molecule has 15 heavy (non-hydrogen) atoms. The first-order valence-electron chi connectivity index (χ1n) is 5.60. The summed E-state index contributed by atoms with van der Waals surface area (Å²) >= 11 is 0. The molecule has 0 aromatic rings. The average molecular weight is 212 g/mol. The lowest BCUT2D eigenvalue weighted by Crippen LogP contribution is -2.56. The van der Waals surface area contributed by atoms with E-state index >= 15 is 0 Å². The third-order valence-electron chi connectivity index (χ3n) is 2.81. The summed E-state index contributed by atoms with van der Waals surface area (Å²) in [5.74, 6) is 0.155. The number of amides is 2. The van der Waals surface area contributed by atoms with Gasteiger partial charge < -0.3 is 10.2 Å². The van der Waals surface area contributed by atoms with Gasteiger partial charge in [0.15, 0.2) is 0 Å². The maximum absolute atomic E-state index is 11.6. The van der Waals surface area contributed by atoms with Crippen LogP contribution in [0.2, 0.25) is 0 Å². The van der Waals surface area contributed by atoms with Gasteiger partial charge in [-0.25, -0.2) is 0 Å². The summed E-state index contributed by atoms with van der Waals surface area (Å²) in [7, 11) is 0. The molecule has 1 rings (SSSR count). The molecule has 1 saturated heterocycles. The monoisotopic (exact) mass is 212 g/mol. The van der Waals surface area contributed by atoms with Crippen LogP contribution in [0.3, 0.4) is 0 Å². The standard InChI is InChI=1S/C11H20N2O2/c1-4-5-8(2)12-11(15)10-6-13(7-10)9(3)14/h8,10H,4-7H2,1-3H3,(H,12,15)/t8-/m1/s1. The van der Waals surface area contributed by atoms with Gasteiger partial charge in [-0.05, 0) is 13.3 Å². The molecule has 0 spiro atoms. The molecular weight excluding hydrogens is 192 g/mol. The van der Waals surface area contributed by atoms with E-state index in [0.29, 0.717) is 13.1 Å². The van der Waals surface area contributed by atoms with Gasteiger partial charge in [0.05, 0.1) is 5.92 Å². The number of carbonyl (C=O) groups is 2. The maximum Gasteiger partial charge on any atom is 0.226 e. The van der Waals surface area contributed by atoms with Crippen LogP contribution in [0.4, 0.5) is 0 Å². The van der Waals surface area contributed by atoms with Crippen molar-refractivity contribution in [1.82, 2.24) is 10.2 Å². The Morgan fingerprint density at radius 3 is 2.53 bits per heavy atom. The number of nitrogens with zero attached hydrogens (tertiary/aromatic N) is 1. The van der Waals surface area contributed by atoms with Crippen molar-refractivity contribution in [3.8, 4) is 0 Å². The molecule has 1 aliphatic rings. The van der Waals surface area contributed by atoms with E-state index in [9.17, 15) is 9.59 Å². The summed E-state index contributed by atoms with van der Waals surface area (Å²) < 4.78 is 0. The van der Waals surface area contributed by atoms with Crippen LogP contribution in [0.25, 0.3) is 0 Å². The summed E-state index contributed by atoms with van der Waals surface area (Å²) in [6, 6.07) is 0.244. The third kappa shape index (κ3) is 3.22. The van der Waals surface area contributed by atoms with E-state index < -0.39 is 0 Å². The number of rotatable bonds is 4. The van der Waals surface area contributed by atoms with Crippen LogP contribution in [0, 0.1) is 5.92 Å². The van der Waals surface area contributed by atoms with Gasteiger partial charge in [0.25, 0.3) is 0 Å². The molecule has 4 nitrogen and oxygen atoms in total. The van der Waals surface area contributed by atoms with Crippen LogP contribution in [0.5, 0.6) is 0 Å². The van der Waals surface area contributed by atoms with Crippen molar-refractivity contribution in [3.05, 3.63) is 0 Å². The van der Waals surface area contributed by atoms with E-state index in [-0.39, 0.29) is 23.8 Å². The molecule has 0 unspecified atom stereocenters. The molecule has 0 aliphatic carbocycles. The van der Waals surface area contributed by atoms with Gasteiger partial charge in [0.2, 0.25) is 11.8 Å². The molecule has 1 heterocycles. The van der Waals surface area contributed by atoms with E-state index in [1.807, 2.05) is 6.92 Å². The Hall–Kier alpha value is -1.06. The lowest BCUT2D eigenvalue weighted by molar-refractivity contribution is -0.141. The second-order valence-corrected chi connectivity index (χ2v) is 4.32. The van der Waals surface area contributed by atoms with Gasteiger partial charge in [-0.15, -0.1) is 0 Å². The van der Waals surface area contributed by atoms with Gasteiger partial charge in [0.1, 0.15) is 0 Å². The van der Waals surface area contributed by atoms with E-state index in [1.54, 1.807) is 4.90 Å². The maximum atomic E-state index is 11.6. The Morgan fingerprint density at radius 1 is 1.47 bits per heavy atom. The lowest BCUT2D eigenvalue weighted by atomic mass is 9.98. The average Bonchev–Trinajstić information content (AvgIpc) is 1.99. The SMILES string of the molecule is CCC[C@@H](C)NC(=O)C1CN(C(C)=O)C1. The summed E-state index contributed by atoms with van der Waals surface area (Å²) in [5, 5.41) is 2.97. The highest BCUT2D eigenvalue weighted by atomic mass is 16.2. The summed E-state index contributed by atoms with van der Waals surface area (Å²) in [5.41, 5.74) is 0. The zero-order chi connectivity index (χ0) is 11.4. The van der Waals surface area contributed by atoms with Crippen molar-refractivity contribution in [2.75, 3.05) is 13.1 Å². The van der Waals surface area contributed by atoms with Crippen molar-refractivity contribution in [3.63, 3.8) is 0 Å². The highest BCUT2D eigenvalue weighted by Crippen LogP contribution is 2.15. The third-order valence-corrected chi connectivity index (χ3v) is 2.81. The molecule has 0 bridgehead atoms. The number of carbonyl (C=O) groups excluding carboxylic acids is 2. The number of hydrogen-bond acceptors (Lipinski definition) is 2. The van der Waals surface area contributed by atoms with Gasteiger partial charge in [0, 0.05) is 26.1 Å². The van der Waals surface area contributed by atoms with Crippen LogP contribution < -0.4 is 5.32 Å². The van der Waals surface area contributed by atoms with Gasteiger partial charge in [-0.3, -0.25) is 9.59 Å². The smallest absolute Gasteiger partial charge is 0.226 e. The van der Waals surface area contributed by atoms with Crippen LogP contribution in [0.15, 0.2) is 0 Å². The zero-order valence-corrected chi connectivity index (χ0v) is 9.75. The summed E-state index contributed by atoms with van der Waals surface area (Å²) in [6.45, 7) is 6.82. The highest BCUT2D eigenvalue weighted by Gasteiger charge is 2.34.